The highest BCUT2D eigenvalue weighted by atomic mass is 16.6. The highest BCUT2D eigenvalue weighted by Crippen LogP contribution is 2.62. The predicted molar refractivity (Wildman–Crippen MR) is 210 cm³/mol. The summed E-state index contributed by atoms with van der Waals surface area (Å²) in [5.41, 5.74) is 0.0251. The second kappa shape index (κ2) is 15.0. The minimum atomic E-state index is -2.33. The van der Waals surface area contributed by atoms with Crippen LogP contribution in [0.1, 0.15) is 52.0 Å². The fourth-order valence-electron chi connectivity index (χ4n) is 7.94. The summed E-state index contributed by atoms with van der Waals surface area (Å²) in [6.45, 7) is 4.18. The van der Waals surface area contributed by atoms with E-state index in [1.807, 2.05) is 164 Å². The van der Waals surface area contributed by atoms with Crippen LogP contribution in [0, 0.1) is 5.41 Å². The van der Waals surface area contributed by atoms with E-state index in [2.05, 4.69) is 6.58 Å². The Morgan fingerprint density at radius 2 is 1.04 bits per heavy atom. The van der Waals surface area contributed by atoms with Crippen LogP contribution >= 0.6 is 0 Å². The Bertz CT molecular complexity index is 2120. The van der Waals surface area contributed by atoms with Crippen molar-refractivity contribution in [2.24, 2.45) is 5.41 Å². The monoisotopic (exact) mass is 725 g/mol. The first-order valence-corrected chi connectivity index (χ1v) is 18.3. The molecule has 2 aliphatic rings. The molecule has 8 rings (SSSR count). The minimum Gasteiger partial charge on any atom is -0.452 e. The van der Waals surface area contributed by atoms with Gasteiger partial charge in [0.1, 0.15) is 0 Å². The lowest BCUT2D eigenvalue weighted by Crippen LogP contribution is -2.59. The van der Waals surface area contributed by atoms with E-state index in [0.29, 0.717) is 33.5 Å². The number of hydrogen-bond acceptors (Lipinski definition) is 6. The van der Waals surface area contributed by atoms with Gasteiger partial charge in [-0.2, -0.15) is 0 Å². The van der Waals surface area contributed by atoms with Gasteiger partial charge in [0.15, 0.2) is 12.2 Å². The third kappa shape index (κ3) is 6.22. The summed E-state index contributed by atoms with van der Waals surface area (Å²) in [4.78, 5) is 48.4. The molecule has 1 spiro atoms. The summed E-state index contributed by atoms with van der Waals surface area (Å²) in [5.74, 6) is -2.45. The first-order chi connectivity index (χ1) is 27.0. The number of para-hydroxylation sites is 1. The Hall–Kier alpha value is -6.57. The SMILES string of the molecule is C=CC1CC(C(=O)OC(c2ccccc2)c2ccccc2)(C(=O)OC(c2ccccc2)c2ccccc2)C2(O1)C(=O)N(Cc1ccccc1)c1ccccc12. The van der Waals surface area contributed by atoms with Crippen LogP contribution in [-0.4, -0.2) is 23.9 Å². The third-order valence-electron chi connectivity index (χ3n) is 10.6. The molecule has 0 N–H and O–H groups in total. The van der Waals surface area contributed by atoms with Crippen LogP contribution in [0.4, 0.5) is 5.69 Å². The van der Waals surface area contributed by atoms with E-state index in [1.165, 1.54) is 6.08 Å². The number of hydrogen-bond donors (Lipinski definition) is 0. The Morgan fingerprint density at radius 1 is 0.636 bits per heavy atom. The maximum atomic E-state index is 15.7. The molecular weight excluding hydrogens is 687 g/mol. The van der Waals surface area contributed by atoms with Crippen molar-refractivity contribution in [3.05, 3.63) is 222 Å². The number of carbonyl (C=O) groups is 3. The second-order valence-electron chi connectivity index (χ2n) is 13.8. The van der Waals surface area contributed by atoms with Crippen molar-refractivity contribution < 1.29 is 28.6 Å². The largest absolute Gasteiger partial charge is 0.452 e. The van der Waals surface area contributed by atoms with Crippen molar-refractivity contribution in [1.82, 2.24) is 0 Å². The van der Waals surface area contributed by atoms with Gasteiger partial charge in [-0.15, -0.1) is 6.58 Å². The van der Waals surface area contributed by atoms with Gasteiger partial charge in [0, 0.05) is 12.0 Å². The van der Waals surface area contributed by atoms with Crippen LogP contribution in [0.15, 0.2) is 189 Å². The van der Waals surface area contributed by atoms with Crippen LogP contribution in [0.5, 0.6) is 0 Å². The predicted octanol–water partition coefficient (Wildman–Crippen LogP) is 9.06. The molecule has 7 nitrogen and oxygen atoms in total. The fourth-order valence-corrected chi connectivity index (χ4v) is 7.94. The number of fused-ring (bicyclic) bond motifs is 2. The lowest BCUT2D eigenvalue weighted by atomic mass is 9.67. The van der Waals surface area contributed by atoms with Gasteiger partial charge in [-0.1, -0.05) is 176 Å². The molecule has 2 unspecified atom stereocenters. The lowest BCUT2D eigenvalue weighted by molar-refractivity contribution is -0.195. The minimum absolute atomic E-state index is 0.175. The summed E-state index contributed by atoms with van der Waals surface area (Å²) in [5, 5.41) is 0. The molecule has 55 heavy (non-hydrogen) atoms. The number of benzene rings is 6. The van der Waals surface area contributed by atoms with Crippen LogP contribution in [0.25, 0.3) is 0 Å². The molecule has 0 saturated carbocycles. The number of amides is 1. The zero-order chi connectivity index (χ0) is 37.8. The molecule has 2 heterocycles. The molecule has 0 bridgehead atoms. The maximum Gasteiger partial charge on any atom is 0.328 e. The zero-order valence-electron chi connectivity index (χ0n) is 30.1. The Morgan fingerprint density at radius 3 is 1.47 bits per heavy atom. The van der Waals surface area contributed by atoms with Crippen molar-refractivity contribution in [2.75, 3.05) is 4.90 Å². The number of rotatable bonds is 11. The lowest BCUT2D eigenvalue weighted by Gasteiger charge is -2.38. The normalized spacial score (nSPS) is 18.3. The number of esters is 2. The van der Waals surface area contributed by atoms with Crippen molar-refractivity contribution in [1.29, 1.82) is 0 Å². The molecule has 7 heteroatoms. The van der Waals surface area contributed by atoms with Crippen molar-refractivity contribution in [3.8, 4) is 0 Å². The standard InChI is InChI=1S/C48H39NO6/c1-2-39-32-47(45(51)53-42(35-22-10-4-11-23-35)36-24-12-5-13-25-36,46(52)54-43(37-26-14-6-15-27-37)38-28-16-7-17-29-38)48(55-39)40-30-18-19-31-41(40)49(44(48)50)33-34-20-8-3-9-21-34/h2-31,39,42-43H,1,32-33H2. The Labute approximate surface area is 320 Å². The number of anilines is 1. The van der Waals surface area contributed by atoms with Gasteiger partial charge in [0.2, 0.25) is 11.0 Å². The van der Waals surface area contributed by atoms with E-state index in [0.717, 1.165) is 5.56 Å². The highest BCUT2D eigenvalue weighted by molar-refractivity contribution is 6.16. The van der Waals surface area contributed by atoms with E-state index >= 15 is 14.4 Å². The Balaban J connectivity index is 1.33. The highest BCUT2D eigenvalue weighted by Gasteiger charge is 2.77. The van der Waals surface area contributed by atoms with Gasteiger partial charge in [0.05, 0.1) is 18.3 Å². The maximum absolute atomic E-state index is 15.7. The quantitative estimate of drug-likeness (QED) is 0.0754. The van der Waals surface area contributed by atoms with Crippen LogP contribution in [0.2, 0.25) is 0 Å². The smallest absolute Gasteiger partial charge is 0.328 e. The summed E-state index contributed by atoms with van der Waals surface area (Å²) in [6, 6.07) is 54.0. The van der Waals surface area contributed by atoms with E-state index in [-0.39, 0.29) is 13.0 Å². The van der Waals surface area contributed by atoms with Crippen molar-refractivity contribution in [3.63, 3.8) is 0 Å². The van der Waals surface area contributed by atoms with E-state index in [4.69, 9.17) is 14.2 Å². The topological polar surface area (TPSA) is 82.1 Å². The van der Waals surface area contributed by atoms with Gasteiger partial charge >= 0.3 is 11.9 Å². The molecule has 6 aromatic carbocycles. The van der Waals surface area contributed by atoms with Crippen LogP contribution in [-0.2, 0) is 40.7 Å². The first-order valence-electron chi connectivity index (χ1n) is 18.3. The number of ether oxygens (including phenoxy) is 3. The summed E-state index contributed by atoms with van der Waals surface area (Å²) >= 11 is 0. The molecule has 2 atom stereocenters. The average molecular weight is 726 g/mol. The fraction of sp³-hybridized carbons (Fsp3) is 0.146. The van der Waals surface area contributed by atoms with E-state index in [9.17, 15) is 0 Å². The summed E-state index contributed by atoms with van der Waals surface area (Å²) < 4.78 is 20.0. The molecule has 1 amide bonds. The Kier molecular flexibility index (Phi) is 9.70. The molecule has 2 aliphatic heterocycles. The average Bonchev–Trinajstić information content (AvgIpc) is 3.73. The van der Waals surface area contributed by atoms with Gasteiger partial charge < -0.3 is 19.1 Å². The van der Waals surface area contributed by atoms with Gasteiger partial charge in [-0.05, 0) is 33.9 Å². The molecule has 0 aromatic heterocycles. The molecule has 1 fully saturated rings. The third-order valence-corrected chi connectivity index (χ3v) is 10.6. The molecule has 1 saturated heterocycles. The second-order valence-corrected chi connectivity index (χ2v) is 13.8. The van der Waals surface area contributed by atoms with Crippen molar-refractivity contribution in [2.45, 2.75) is 36.9 Å². The van der Waals surface area contributed by atoms with Crippen LogP contribution in [0.3, 0.4) is 0 Å². The van der Waals surface area contributed by atoms with Gasteiger partial charge in [-0.3, -0.25) is 14.4 Å². The van der Waals surface area contributed by atoms with E-state index < -0.39 is 47.2 Å². The van der Waals surface area contributed by atoms with Crippen molar-refractivity contribution >= 4 is 23.5 Å². The molecule has 272 valence electrons. The van der Waals surface area contributed by atoms with Gasteiger partial charge in [-0.25, -0.2) is 0 Å². The molecule has 6 aromatic rings. The zero-order valence-corrected chi connectivity index (χ0v) is 30.1. The van der Waals surface area contributed by atoms with E-state index in [1.54, 1.807) is 17.0 Å². The molecular formula is C48H39NO6. The van der Waals surface area contributed by atoms with Gasteiger partial charge in [0.25, 0.3) is 5.91 Å². The summed E-state index contributed by atoms with van der Waals surface area (Å²) in [6.07, 6.45) is -1.47. The summed E-state index contributed by atoms with van der Waals surface area (Å²) in [7, 11) is 0. The number of nitrogens with zero attached hydrogens (tertiary/aromatic N) is 1. The first kappa shape index (κ1) is 35.5. The molecule has 0 radical (unpaired) electrons. The molecule has 0 aliphatic carbocycles. The van der Waals surface area contributed by atoms with Crippen LogP contribution < -0.4 is 4.90 Å². The number of carbonyl (C=O) groups excluding carboxylic acids is 3.